The molecule has 2 N–H and O–H groups in total. The quantitative estimate of drug-likeness (QED) is 0.849. The number of hydrogen-bond acceptors (Lipinski definition) is 5. The van der Waals surface area contributed by atoms with E-state index in [4.69, 9.17) is 4.74 Å². The number of thiophene rings is 1. The van der Waals surface area contributed by atoms with Gasteiger partial charge >= 0.3 is 5.97 Å². The number of rotatable bonds is 3. The predicted molar refractivity (Wildman–Crippen MR) is 90.8 cm³/mol. The molecule has 2 aromatic rings. The van der Waals surface area contributed by atoms with Gasteiger partial charge in [-0.2, -0.15) is 0 Å². The van der Waals surface area contributed by atoms with Crippen LogP contribution in [0, 0.1) is 0 Å². The third kappa shape index (κ3) is 3.13. The summed E-state index contributed by atoms with van der Waals surface area (Å²) in [7, 11) is 1.37. The SMILES string of the molecule is COC(=O)c1ccc(-c2c(NC(C)=O)sc3c2CCNC3)cc1. The summed E-state index contributed by atoms with van der Waals surface area (Å²) in [5, 5.41) is 7.16. The van der Waals surface area contributed by atoms with Gasteiger partial charge in [-0.25, -0.2) is 4.79 Å². The second-order valence-electron chi connectivity index (χ2n) is 5.38. The number of nitrogens with one attached hydrogen (secondary N) is 2. The summed E-state index contributed by atoms with van der Waals surface area (Å²) in [6.45, 7) is 3.27. The van der Waals surface area contributed by atoms with Crippen LogP contribution in [-0.4, -0.2) is 25.5 Å². The summed E-state index contributed by atoms with van der Waals surface area (Å²) in [6.07, 6.45) is 0.930. The Kier molecular flexibility index (Phi) is 4.45. The van der Waals surface area contributed by atoms with Crippen molar-refractivity contribution in [1.29, 1.82) is 0 Å². The average molecular weight is 330 g/mol. The molecule has 0 bridgehead atoms. The van der Waals surface area contributed by atoms with E-state index in [1.54, 1.807) is 23.5 Å². The molecular weight excluding hydrogens is 312 g/mol. The number of amides is 1. The molecule has 0 spiro atoms. The number of ether oxygens (including phenoxy) is 1. The molecule has 0 saturated carbocycles. The Balaban J connectivity index is 2.05. The molecule has 2 heterocycles. The molecule has 3 rings (SSSR count). The van der Waals surface area contributed by atoms with Gasteiger partial charge in [-0.1, -0.05) is 12.1 Å². The van der Waals surface area contributed by atoms with Crippen molar-refractivity contribution in [2.24, 2.45) is 0 Å². The number of fused-ring (bicyclic) bond motifs is 1. The van der Waals surface area contributed by atoms with Crippen LogP contribution >= 0.6 is 11.3 Å². The van der Waals surface area contributed by atoms with Gasteiger partial charge < -0.3 is 15.4 Å². The standard InChI is InChI=1S/C17H18N2O3S/c1-10(20)19-16-15(13-7-8-18-9-14(13)23-16)11-3-5-12(6-4-11)17(21)22-2/h3-6,18H,7-9H2,1-2H3,(H,19,20). The minimum atomic E-state index is -0.352. The van der Waals surface area contributed by atoms with Crippen LogP contribution in [0.15, 0.2) is 24.3 Å². The van der Waals surface area contributed by atoms with Gasteiger partial charge in [-0.3, -0.25) is 4.79 Å². The third-order valence-electron chi connectivity index (χ3n) is 3.81. The third-order valence-corrected chi connectivity index (χ3v) is 4.96. The van der Waals surface area contributed by atoms with Gasteiger partial charge in [0.15, 0.2) is 0 Å². The lowest BCUT2D eigenvalue weighted by molar-refractivity contribution is -0.114. The second kappa shape index (κ2) is 6.52. The molecule has 0 unspecified atom stereocenters. The maximum absolute atomic E-state index is 11.6. The highest BCUT2D eigenvalue weighted by atomic mass is 32.1. The van der Waals surface area contributed by atoms with E-state index in [0.717, 1.165) is 35.6 Å². The molecule has 120 valence electrons. The second-order valence-corrected chi connectivity index (χ2v) is 6.49. The largest absolute Gasteiger partial charge is 0.465 e. The first-order valence-corrected chi connectivity index (χ1v) is 8.23. The Morgan fingerprint density at radius 2 is 2.00 bits per heavy atom. The van der Waals surface area contributed by atoms with Crippen LogP contribution in [0.3, 0.4) is 0 Å². The highest BCUT2D eigenvalue weighted by Gasteiger charge is 2.22. The maximum Gasteiger partial charge on any atom is 0.337 e. The number of benzene rings is 1. The minimum absolute atomic E-state index is 0.0796. The normalized spacial score (nSPS) is 13.3. The van der Waals surface area contributed by atoms with Crippen molar-refractivity contribution < 1.29 is 14.3 Å². The Morgan fingerprint density at radius 3 is 2.65 bits per heavy atom. The highest BCUT2D eigenvalue weighted by Crippen LogP contribution is 2.42. The van der Waals surface area contributed by atoms with E-state index >= 15 is 0 Å². The molecule has 1 aromatic heterocycles. The van der Waals surface area contributed by atoms with Crippen molar-refractivity contribution >= 4 is 28.2 Å². The van der Waals surface area contributed by atoms with E-state index in [-0.39, 0.29) is 11.9 Å². The molecule has 0 saturated heterocycles. The van der Waals surface area contributed by atoms with Gasteiger partial charge in [0.05, 0.1) is 12.7 Å². The molecule has 6 heteroatoms. The van der Waals surface area contributed by atoms with Gasteiger partial charge in [0, 0.05) is 23.9 Å². The van der Waals surface area contributed by atoms with Crippen LogP contribution in [-0.2, 0) is 22.5 Å². The first-order chi connectivity index (χ1) is 11.1. The average Bonchev–Trinajstić information content (AvgIpc) is 2.91. The van der Waals surface area contributed by atoms with Crippen molar-refractivity contribution in [3.8, 4) is 11.1 Å². The van der Waals surface area contributed by atoms with Crippen LogP contribution in [0.1, 0.15) is 27.7 Å². The van der Waals surface area contributed by atoms with Crippen LogP contribution in [0.2, 0.25) is 0 Å². The van der Waals surface area contributed by atoms with E-state index in [1.165, 1.54) is 24.5 Å². The van der Waals surface area contributed by atoms with Gasteiger partial charge in [-0.05, 0) is 36.2 Å². The van der Waals surface area contributed by atoms with E-state index in [2.05, 4.69) is 10.6 Å². The lowest BCUT2D eigenvalue weighted by Gasteiger charge is -2.14. The smallest absolute Gasteiger partial charge is 0.337 e. The van der Waals surface area contributed by atoms with Gasteiger partial charge in [0.25, 0.3) is 0 Å². The highest BCUT2D eigenvalue weighted by molar-refractivity contribution is 7.17. The van der Waals surface area contributed by atoms with Gasteiger partial charge in [0.2, 0.25) is 5.91 Å². The molecule has 0 radical (unpaired) electrons. The summed E-state index contributed by atoms with van der Waals surface area (Å²) in [4.78, 5) is 24.3. The summed E-state index contributed by atoms with van der Waals surface area (Å²) in [5.41, 5.74) is 3.87. The molecule has 0 atom stereocenters. The van der Waals surface area contributed by atoms with Gasteiger partial charge in [-0.15, -0.1) is 11.3 Å². The monoisotopic (exact) mass is 330 g/mol. The van der Waals surface area contributed by atoms with Crippen molar-refractivity contribution in [3.05, 3.63) is 40.3 Å². The van der Waals surface area contributed by atoms with Crippen LogP contribution < -0.4 is 10.6 Å². The van der Waals surface area contributed by atoms with E-state index < -0.39 is 0 Å². The molecule has 1 aliphatic heterocycles. The summed E-state index contributed by atoms with van der Waals surface area (Å²) in [6, 6.07) is 7.32. The molecule has 0 fully saturated rings. The lowest BCUT2D eigenvalue weighted by atomic mass is 9.97. The first-order valence-electron chi connectivity index (χ1n) is 7.41. The van der Waals surface area contributed by atoms with Crippen molar-refractivity contribution in [1.82, 2.24) is 5.32 Å². The molecule has 1 aromatic carbocycles. The molecule has 0 aliphatic carbocycles. The number of anilines is 1. The molecular formula is C17H18N2O3S. The topological polar surface area (TPSA) is 67.4 Å². The summed E-state index contributed by atoms with van der Waals surface area (Å²) in [5.74, 6) is -0.431. The van der Waals surface area contributed by atoms with E-state index in [0.29, 0.717) is 5.56 Å². The minimum Gasteiger partial charge on any atom is -0.465 e. The van der Waals surface area contributed by atoms with Crippen molar-refractivity contribution in [2.75, 3.05) is 19.0 Å². The summed E-state index contributed by atoms with van der Waals surface area (Å²) >= 11 is 1.61. The van der Waals surface area contributed by atoms with E-state index in [9.17, 15) is 9.59 Å². The summed E-state index contributed by atoms with van der Waals surface area (Å²) < 4.78 is 4.73. The van der Waals surface area contributed by atoms with E-state index in [1.807, 2.05) is 12.1 Å². The zero-order chi connectivity index (χ0) is 16.4. The van der Waals surface area contributed by atoms with Crippen molar-refractivity contribution in [2.45, 2.75) is 19.9 Å². The number of carbonyl (C=O) groups excluding carboxylic acids is 2. The fourth-order valence-corrected chi connectivity index (χ4v) is 4.06. The zero-order valence-corrected chi connectivity index (χ0v) is 13.9. The number of esters is 1. The molecule has 1 amide bonds. The molecule has 23 heavy (non-hydrogen) atoms. The number of hydrogen-bond donors (Lipinski definition) is 2. The van der Waals surface area contributed by atoms with Crippen LogP contribution in [0.25, 0.3) is 11.1 Å². The fraction of sp³-hybridized carbons (Fsp3) is 0.294. The zero-order valence-electron chi connectivity index (χ0n) is 13.1. The van der Waals surface area contributed by atoms with Crippen LogP contribution in [0.4, 0.5) is 5.00 Å². The fourth-order valence-electron chi connectivity index (χ4n) is 2.78. The number of methoxy groups -OCH3 is 1. The first kappa shape index (κ1) is 15.7. The Bertz CT molecular complexity index is 750. The van der Waals surface area contributed by atoms with Crippen LogP contribution in [0.5, 0.6) is 0 Å². The Morgan fingerprint density at radius 1 is 1.26 bits per heavy atom. The molecule has 1 aliphatic rings. The van der Waals surface area contributed by atoms with Crippen molar-refractivity contribution in [3.63, 3.8) is 0 Å². The Labute approximate surface area is 138 Å². The Hall–Kier alpha value is -2.18. The molecule has 5 nitrogen and oxygen atoms in total. The predicted octanol–water partition coefficient (Wildman–Crippen LogP) is 2.81. The van der Waals surface area contributed by atoms with Gasteiger partial charge in [0.1, 0.15) is 5.00 Å². The lowest BCUT2D eigenvalue weighted by Crippen LogP contribution is -2.22. The maximum atomic E-state index is 11.6. The number of carbonyl (C=O) groups is 2.